The smallest absolute Gasteiger partial charge is 0.300 e. The number of carbonyl (C=O) groups is 1. The summed E-state index contributed by atoms with van der Waals surface area (Å²) in [4.78, 5) is 9.00. The van der Waals surface area contributed by atoms with Crippen molar-refractivity contribution in [3.63, 3.8) is 0 Å². The predicted molar refractivity (Wildman–Crippen MR) is 35.5 cm³/mol. The molecule has 3 nitrogen and oxygen atoms in total. The Balaban J connectivity index is -0.0000000575. The Morgan fingerprint density at radius 3 is 1.50 bits per heavy atom. The number of nitrogens with one attached hydrogen (secondary N) is 1. The van der Waals surface area contributed by atoms with Crippen LogP contribution < -0.4 is 5.32 Å². The van der Waals surface area contributed by atoms with E-state index in [1.807, 2.05) is 14.1 Å². The highest BCUT2D eigenvalue weighted by molar-refractivity contribution is 5.85. The van der Waals surface area contributed by atoms with Gasteiger partial charge in [0.15, 0.2) is 0 Å². The molecule has 0 saturated carbocycles. The molecular formula is C4H12ClNO2. The summed E-state index contributed by atoms with van der Waals surface area (Å²) in [6, 6.07) is 0. The molecule has 52 valence electrons. The first kappa shape index (κ1) is 15.6. The third-order valence-electron chi connectivity index (χ3n) is 0. The van der Waals surface area contributed by atoms with Gasteiger partial charge in [0.05, 0.1) is 0 Å². The molecule has 0 aliphatic heterocycles. The fourth-order valence-corrected chi connectivity index (χ4v) is 0. The van der Waals surface area contributed by atoms with Gasteiger partial charge in [-0.1, -0.05) is 0 Å². The zero-order valence-electron chi connectivity index (χ0n) is 5.26. The minimum absolute atomic E-state index is 0. The van der Waals surface area contributed by atoms with Crippen molar-refractivity contribution in [1.82, 2.24) is 5.32 Å². The van der Waals surface area contributed by atoms with Gasteiger partial charge in [-0.05, 0) is 14.1 Å². The van der Waals surface area contributed by atoms with Crippen LogP contribution in [0.25, 0.3) is 0 Å². The molecule has 0 aromatic rings. The second kappa shape index (κ2) is 15.9. The van der Waals surface area contributed by atoms with Crippen molar-refractivity contribution >= 4 is 18.4 Å². The lowest BCUT2D eigenvalue weighted by Crippen LogP contribution is -1.89. The highest BCUT2D eigenvalue weighted by Crippen LogP contribution is 1.42. The summed E-state index contributed by atoms with van der Waals surface area (Å²) in [5, 5.41) is 10.2. The average molecular weight is 142 g/mol. The minimum atomic E-state index is -0.833. The Morgan fingerprint density at radius 1 is 1.50 bits per heavy atom. The van der Waals surface area contributed by atoms with Crippen molar-refractivity contribution in [1.29, 1.82) is 0 Å². The minimum Gasteiger partial charge on any atom is -0.481 e. The maximum Gasteiger partial charge on any atom is 0.300 e. The normalized spacial score (nSPS) is 5.38. The van der Waals surface area contributed by atoms with Gasteiger partial charge < -0.3 is 10.4 Å². The molecule has 0 atom stereocenters. The fraction of sp³-hybridized carbons (Fsp3) is 0.750. The third kappa shape index (κ3) is 1630. The maximum atomic E-state index is 9.00. The summed E-state index contributed by atoms with van der Waals surface area (Å²) >= 11 is 0. The van der Waals surface area contributed by atoms with Crippen LogP contribution in [-0.4, -0.2) is 25.2 Å². The summed E-state index contributed by atoms with van der Waals surface area (Å²) in [6.07, 6.45) is 0. The second-order valence-electron chi connectivity index (χ2n) is 1.02. The molecule has 0 aromatic heterocycles. The molecule has 2 N–H and O–H groups in total. The average Bonchev–Trinajstić information content (AvgIpc) is 1.33. The number of carboxylic acid groups (broad SMARTS) is 1. The quantitative estimate of drug-likeness (QED) is 0.512. The van der Waals surface area contributed by atoms with Crippen molar-refractivity contribution in [3.8, 4) is 0 Å². The molecule has 0 spiro atoms. The van der Waals surface area contributed by atoms with E-state index in [0.717, 1.165) is 6.92 Å². The van der Waals surface area contributed by atoms with Crippen LogP contribution in [0, 0.1) is 0 Å². The molecule has 0 amide bonds. The van der Waals surface area contributed by atoms with E-state index in [0.29, 0.717) is 0 Å². The largest absolute Gasteiger partial charge is 0.481 e. The van der Waals surface area contributed by atoms with Crippen molar-refractivity contribution in [2.45, 2.75) is 6.92 Å². The van der Waals surface area contributed by atoms with Crippen LogP contribution in [0.5, 0.6) is 0 Å². The van der Waals surface area contributed by atoms with Gasteiger partial charge in [-0.2, -0.15) is 0 Å². The third-order valence-corrected chi connectivity index (χ3v) is 0. The van der Waals surface area contributed by atoms with Crippen LogP contribution in [0.15, 0.2) is 0 Å². The second-order valence-corrected chi connectivity index (χ2v) is 1.02. The van der Waals surface area contributed by atoms with Gasteiger partial charge in [-0.25, -0.2) is 0 Å². The molecule has 0 rings (SSSR count). The molecule has 0 fully saturated rings. The number of halogens is 1. The zero-order valence-corrected chi connectivity index (χ0v) is 6.08. The lowest BCUT2D eigenvalue weighted by atomic mass is 10.9. The standard InChI is InChI=1S/C2H7N.C2H4O2.ClH/c1-3-2;1-2(3)4;/h3H,1-2H3;1H3,(H,3,4);1H. The summed E-state index contributed by atoms with van der Waals surface area (Å²) in [5.74, 6) is -0.833. The summed E-state index contributed by atoms with van der Waals surface area (Å²) < 4.78 is 0. The van der Waals surface area contributed by atoms with Gasteiger partial charge in [0.2, 0.25) is 0 Å². The van der Waals surface area contributed by atoms with Crippen molar-refractivity contribution in [3.05, 3.63) is 0 Å². The molecule has 0 aliphatic rings. The highest BCUT2D eigenvalue weighted by Gasteiger charge is 1.65. The maximum absolute atomic E-state index is 9.00. The Kier molecular flexibility index (Phi) is 31.1. The van der Waals surface area contributed by atoms with Crippen LogP contribution >= 0.6 is 12.4 Å². The lowest BCUT2D eigenvalue weighted by molar-refractivity contribution is -0.134. The first-order valence-corrected chi connectivity index (χ1v) is 1.93. The molecule has 4 heteroatoms. The van der Waals surface area contributed by atoms with E-state index in [4.69, 9.17) is 9.90 Å². The SMILES string of the molecule is CC(=O)O.CNC.Cl. The van der Waals surface area contributed by atoms with Crippen LogP contribution in [0.2, 0.25) is 0 Å². The van der Waals surface area contributed by atoms with Gasteiger partial charge in [-0.15, -0.1) is 12.4 Å². The molecular weight excluding hydrogens is 130 g/mol. The van der Waals surface area contributed by atoms with E-state index in [2.05, 4.69) is 5.32 Å². The van der Waals surface area contributed by atoms with E-state index in [-0.39, 0.29) is 12.4 Å². The van der Waals surface area contributed by atoms with Crippen LogP contribution in [-0.2, 0) is 4.79 Å². The Labute approximate surface area is 55.5 Å². The first-order chi connectivity index (χ1) is 3.15. The van der Waals surface area contributed by atoms with Gasteiger partial charge in [0.25, 0.3) is 5.97 Å². The predicted octanol–water partition coefficient (Wildman–Crippen LogP) is 0.348. The summed E-state index contributed by atoms with van der Waals surface area (Å²) in [7, 11) is 3.75. The van der Waals surface area contributed by atoms with Crippen LogP contribution in [0.1, 0.15) is 6.92 Å². The molecule has 0 saturated heterocycles. The van der Waals surface area contributed by atoms with E-state index in [9.17, 15) is 0 Å². The van der Waals surface area contributed by atoms with Crippen LogP contribution in [0.4, 0.5) is 0 Å². The molecule has 0 heterocycles. The molecule has 0 bridgehead atoms. The molecule has 0 unspecified atom stereocenters. The number of aliphatic carboxylic acids is 1. The van der Waals surface area contributed by atoms with Crippen LogP contribution in [0.3, 0.4) is 0 Å². The van der Waals surface area contributed by atoms with E-state index in [1.54, 1.807) is 0 Å². The number of hydrogen-bond donors (Lipinski definition) is 2. The molecule has 0 aromatic carbocycles. The number of hydrogen-bond acceptors (Lipinski definition) is 2. The van der Waals surface area contributed by atoms with Gasteiger partial charge >= 0.3 is 0 Å². The topological polar surface area (TPSA) is 49.3 Å². The van der Waals surface area contributed by atoms with Gasteiger partial charge in [0.1, 0.15) is 0 Å². The summed E-state index contributed by atoms with van der Waals surface area (Å²) in [5.41, 5.74) is 0. The van der Waals surface area contributed by atoms with E-state index >= 15 is 0 Å². The van der Waals surface area contributed by atoms with Crippen molar-refractivity contribution in [2.24, 2.45) is 0 Å². The van der Waals surface area contributed by atoms with Gasteiger partial charge in [-0.3, -0.25) is 4.79 Å². The monoisotopic (exact) mass is 141 g/mol. The number of rotatable bonds is 0. The highest BCUT2D eigenvalue weighted by atomic mass is 35.5. The Morgan fingerprint density at radius 2 is 1.50 bits per heavy atom. The molecule has 0 radical (unpaired) electrons. The Hall–Kier alpha value is -0.280. The molecule has 0 aliphatic carbocycles. The first-order valence-electron chi connectivity index (χ1n) is 1.93. The van der Waals surface area contributed by atoms with E-state index in [1.165, 1.54) is 0 Å². The lowest BCUT2D eigenvalue weighted by Gasteiger charge is -1.59. The van der Waals surface area contributed by atoms with Crippen molar-refractivity contribution in [2.75, 3.05) is 14.1 Å². The summed E-state index contributed by atoms with van der Waals surface area (Å²) in [6.45, 7) is 1.08. The van der Waals surface area contributed by atoms with E-state index < -0.39 is 5.97 Å². The zero-order chi connectivity index (χ0) is 6.28. The Bertz CT molecular complexity index is 45.3. The number of carboxylic acids is 1. The fourth-order valence-electron chi connectivity index (χ4n) is 0. The van der Waals surface area contributed by atoms with Crippen molar-refractivity contribution < 1.29 is 9.90 Å². The van der Waals surface area contributed by atoms with Gasteiger partial charge in [0, 0.05) is 6.92 Å². The molecule has 8 heavy (non-hydrogen) atoms.